The molecule has 9 heteroatoms. The smallest absolute Gasteiger partial charge is 0.356 e. The van der Waals surface area contributed by atoms with Gasteiger partial charge in [0, 0.05) is 0 Å². The molecule has 0 amide bonds. The van der Waals surface area contributed by atoms with Crippen LogP contribution in [0.2, 0.25) is 0 Å². The molecule has 0 unspecified atom stereocenters. The second-order valence-corrected chi connectivity index (χ2v) is 6.79. The second kappa shape index (κ2) is 4.69. The Bertz CT molecular complexity index is 514. The highest BCUT2D eigenvalue weighted by atomic mass is 32.2. The zero-order valence-electron chi connectivity index (χ0n) is 9.42. The van der Waals surface area contributed by atoms with E-state index in [2.05, 4.69) is 4.98 Å². The average Bonchev–Trinajstić information content (AvgIpc) is 2.62. The molecule has 1 rings (SSSR count). The molecular formula is C8H12N2O5S2. The number of hydrogen-bond acceptors (Lipinski definition) is 6. The molecule has 0 aliphatic carbocycles. The van der Waals surface area contributed by atoms with Gasteiger partial charge in [0.1, 0.15) is 0 Å². The van der Waals surface area contributed by atoms with Gasteiger partial charge in [0.2, 0.25) is 0 Å². The number of rotatable bonds is 4. The Morgan fingerprint density at radius 2 is 2.12 bits per heavy atom. The molecular weight excluding hydrogens is 268 g/mol. The SMILES string of the molecule is CC(C)(C)ONS(=O)(=O)c1scnc1C(=O)O. The first-order valence-electron chi connectivity index (χ1n) is 4.50. The summed E-state index contributed by atoms with van der Waals surface area (Å²) in [7, 11) is -4.02. The molecule has 96 valence electrons. The second-order valence-electron chi connectivity index (χ2n) is 4.09. The van der Waals surface area contributed by atoms with Gasteiger partial charge in [0.05, 0.1) is 11.1 Å². The topological polar surface area (TPSA) is 106 Å². The van der Waals surface area contributed by atoms with Crippen molar-refractivity contribution in [2.45, 2.75) is 30.6 Å². The first kappa shape index (κ1) is 14.0. The number of aromatic carboxylic acids is 1. The first-order chi connectivity index (χ1) is 7.63. The maximum atomic E-state index is 11.7. The largest absolute Gasteiger partial charge is 0.476 e. The number of thiazole rings is 1. The van der Waals surface area contributed by atoms with Crippen molar-refractivity contribution in [3.05, 3.63) is 11.2 Å². The van der Waals surface area contributed by atoms with E-state index in [1.165, 1.54) is 0 Å². The maximum absolute atomic E-state index is 11.7. The molecule has 0 saturated carbocycles. The van der Waals surface area contributed by atoms with E-state index < -0.39 is 27.3 Å². The minimum Gasteiger partial charge on any atom is -0.476 e. The van der Waals surface area contributed by atoms with E-state index in [9.17, 15) is 13.2 Å². The Kier molecular flexibility index (Phi) is 3.87. The molecule has 2 N–H and O–H groups in total. The fraction of sp³-hybridized carbons (Fsp3) is 0.500. The third-order valence-electron chi connectivity index (χ3n) is 1.44. The predicted octanol–water partition coefficient (Wildman–Crippen LogP) is 0.850. The van der Waals surface area contributed by atoms with E-state index in [-0.39, 0.29) is 4.21 Å². The highest BCUT2D eigenvalue weighted by Crippen LogP contribution is 2.20. The quantitative estimate of drug-likeness (QED) is 0.792. The number of sulfonamides is 1. The van der Waals surface area contributed by atoms with Crippen molar-refractivity contribution in [2.75, 3.05) is 0 Å². The summed E-state index contributed by atoms with van der Waals surface area (Å²) in [4.78, 5) is 21.0. The van der Waals surface area contributed by atoms with Crippen LogP contribution in [0.4, 0.5) is 0 Å². The number of carboxylic acid groups (broad SMARTS) is 1. The summed E-state index contributed by atoms with van der Waals surface area (Å²) in [5.41, 5.74) is -0.0870. The van der Waals surface area contributed by atoms with Crippen LogP contribution in [0.25, 0.3) is 0 Å². The summed E-state index contributed by atoms with van der Waals surface area (Å²) >= 11 is 0.713. The molecule has 0 fully saturated rings. The van der Waals surface area contributed by atoms with E-state index in [0.717, 1.165) is 5.51 Å². The summed E-state index contributed by atoms with van der Waals surface area (Å²) in [5.74, 6) is -1.40. The molecule has 0 bridgehead atoms. The van der Waals surface area contributed by atoms with Gasteiger partial charge in [-0.1, -0.05) is 4.89 Å². The minimum atomic E-state index is -4.02. The summed E-state index contributed by atoms with van der Waals surface area (Å²) < 4.78 is 23.1. The van der Waals surface area contributed by atoms with E-state index in [0.29, 0.717) is 11.3 Å². The third-order valence-corrected chi connectivity index (χ3v) is 3.99. The van der Waals surface area contributed by atoms with Crippen LogP contribution < -0.4 is 4.89 Å². The van der Waals surface area contributed by atoms with Gasteiger partial charge in [0.25, 0.3) is 10.0 Å². The van der Waals surface area contributed by atoms with Gasteiger partial charge >= 0.3 is 5.97 Å². The molecule has 0 aliphatic heterocycles. The van der Waals surface area contributed by atoms with E-state index in [4.69, 9.17) is 9.94 Å². The predicted molar refractivity (Wildman–Crippen MR) is 60.2 cm³/mol. The number of carboxylic acids is 1. The number of hydrogen-bond donors (Lipinski definition) is 2. The lowest BCUT2D eigenvalue weighted by atomic mass is 10.2. The van der Waals surface area contributed by atoms with Crippen molar-refractivity contribution in [1.82, 2.24) is 9.87 Å². The Morgan fingerprint density at radius 1 is 1.53 bits per heavy atom. The van der Waals surface area contributed by atoms with Gasteiger partial charge < -0.3 is 5.11 Å². The Labute approximate surface area is 102 Å². The van der Waals surface area contributed by atoms with E-state index in [1.807, 2.05) is 4.89 Å². The highest BCUT2D eigenvalue weighted by molar-refractivity contribution is 7.91. The van der Waals surface area contributed by atoms with Crippen molar-refractivity contribution in [3.8, 4) is 0 Å². The number of aromatic nitrogens is 1. The standard InChI is InChI=1S/C8H12N2O5S2/c1-8(2,3)15-10-17(13,14)7-5(6(11)12)9-4-16-7/h4,10H,1-3H3,(H,11,12). The van der Waals surface area contributed by atoms with Gasteiger partial charge in [-0.05, 0) is 20.8 Å². The molecule has 1 heterocycles. The molecule has 0 radical (unpaired) electrons. The van der Waals surface area contributed by atoms with Crippen molar-refractivity contribution in [1.29, 1.82) is 0 Å². The molecule has 7 nitrogen and oxygen atoms in total. The van der Waals surface area contributed by atoms with Crippen LogP contribution in [0.3, 0.4) is 0 Å². The van der Waals surface area contributed by atoms with E-state index >= 15 is 0 Å². The molecule has 1 aromatic rings. The first-order valence-corrected chi connectivity index (χ1v) is 6.86. The van der Waals surface area contributed by atoms with Gasteiger partial charge in [-0.25, -0.2) is 18.2 Å². The lowest BCUT2D eigenvalue weighted by Gasteiger charge is -2.18. The molecule has 0 aliphatic rings. The number of nitrogens with one attached hydrogen (secondary N) is 1. The molecule has 17 heavy (non-hydrogen) atoms. The Hall–Kier alpha value is -1.03. The summed E-state index contributed by atoms with van der Waals surface area (Å²) in [6, 6.07) is 0. The third kappa shape index (κ3) is 3.73. The lowest BCUT2D eigenvalue weighted by Crippen LogP contribution is -2.33. The molecule has 0 spiro atoms. The van der Waals surface area contributed by atoms with Gasteiger partial charge in [-0.3, -0.25) is 4.84 Å². The van der Waals surface area contributed by atoms with Crippen molar-refractivity contribution >= 4 is 27.3 Å². The number of carbonyl (C=O) groups is 1. The van der Waals surface area contributed by atoms with Gasteiger partial charge in [0.15, 0.2) is 9.90 Å². The monoisotopic (exact) mass is 280 g/mol. The molecule has 0 atom stereocenters. The fourth-order valence-electron chi connectivity index (χ4n) is 0.786. The van der Waals surface area contributed by atoms with Crippen LogP contribution in [-0.4, -0.2) is 30.1 Å². The molecule has 1 aromatic heterocycles. The van der Waals surface area contributed by atoms with Crippen molar-refractivity contribution in [2.24, 2.45) is 0 Å². The van der Waals surface area contributed by atoms with Crippen LogP contribution in [0.1, 0.15) is 31.3 Å². The molecule has 0 saturated heterocycles. The normalized spacial score (nSPS) is 12.6. The van der Waals surface area contributed by atoms with Gasteiger partial charge in [-0.2, -0.15) is 0 Å². The molecule has 0 aromatic carbocycles. The summed E-state index contributed by atoms with van der Waals surface area (Å²) in [6.07, 6.45) is 0. The van der Waals surface area contributed by atoms with Crippen LogP contribution in [0.5, 0.6) is 0 Å². The van der Waals surface area contributed by atoms with Gasteiger partial charge in [-0.15, -0.1) is 11.3 Å². The number of nitrogens with zero attached hydrogens (tertiary/aromatic N) is 1. The van der Waals surface area contributed by atoms with Crippen LogP contribution >= 0.6 is 11.3 Å². The van der Waals surface area contributed by atoms with E-state index in [1.54, 1.807) is 20.8 Å². The maximum Gasteiger partial charge on any atom is 0.356 e. The summed E-state index contributed by atoms with van der Waals surface area (Å²) in [6.45, 7) is 4.96. The fourth-order valence-corrected chi connectivity index (χ4v) is 2.86. The van der Waals surface area contributed by atoms with Crippen LogP contribution in [0, 0.1) is 0 Å². The van der Waals surface area contributed by atoms with Crippen molar-refractivity contribution in [3.63, 3.8) is 0 Å². The van der Waals surface area contributed by atoms with Crippen molar-refractivity contribution < 1.29 is 23.2 Å². The zero-order chi connectivity index (χ0) is 13.3. The summed E-state index contributed by atoms with van der Waals surface area (Å²) in [5, 5.41) is 8.76. The average molecular weight is 280 g/mol. The van der Waals surface area contributed by atoms with Crippen LogP contribution in [-0.2, 0) is 14.9 Å². The Balaban J connectivity index is 2.98. The minimum absolute atomic E-state index is 0.380. The lowest BCUT2D eigenvalue weighted by molar-refractivity contribution is -0.0357. The highest BCUT2D eigenvalue weighted by Gasteiger charge is 2.27. The zero-order valence-corrected chi connectivity index (χ0v) is 11.1. The van der Waals surface area contributed by atoms with Crippen LogP contribution in [0.15, 0.2) is 9.72 Å². The Morgan fingerprint density at radius 3 is 2.59 bits per heavy atom.